The molecule has 1 aliphatic rings. The average Bonchev–Trinajstić information content (AvgIpc) is 2.67. The van der Waals surface area contributed by atoms with Gasteiger partial charge >= 0.3 is 5.97 Å². The predicted molar refractivity (Wildman–Crippen MR) is 74.1 cm³/mol. The number of aryl methyl sites for hydroxylation is 1. The number of morpholine rings is 1. The minimum Gasteiger partial charge on any atom is -0.481 e. The lowest BCUT2D eigenvalue weighted by molar-refractivity contribution is -0.139. The molecule has 1 aromatic heterocycles. The van der Waals surface area contributed by atoms with E-state index < -0.39 is 5.97 Å². The van der Waals surface area contributed by atoms with Crippen molar-refractivity contribution in [1.82, 2.24) is 4.90 Å². The van der Waals surface area contributed by atoms with Crippen LogP contribution in [0.1, 0.15) is 22.2 Å². The van der Waals surface area contributed by atoms with E-state index in [1.807, 2.05) is 13.0 Å². The summed E-state index contributed by atoms with van der Waals surface area (Å²) in [6, 6.07) is 2.00. The van der Waals surface area contributed by atoms with Gasteiger partial charge in [0.15, 0.2) is 0 Å². The van der Waals surface area contributed by atoms with Crippen LogP contribution in [0.5, 0.6) is 0 Å². The van der Waals surface area contributed by atoms with E-state index in [0.717, 1.165) is 22.4 Å². The lowest BCUT2D eigenvalue weighted by Crippen LogP contribution is -2.39. The van der Waals surface area contributed by atoms with E-state index in [1.54, 1.807) is 11.3 Å². The van der Waals surface area contributed by atoms with Crippen molar-refractivity contribution >= 4 is 33.2 Å². The molecule has 1 aromatic rings. The van der Waals surface area contributed by atoms with Crippen LogP contribution in [0.25, 0.3) is 0 Å². The van der Waals surface area contributed by atoms with Gasteiger partial charge in [0.25, 0.3) is 0 Å². The summed E-state index contributed by atoms with van der Waals surface area (Å²) in [6.45, 7) is 5.00. The summed E-state index contributed by atoms with van der Waals surface area (Å²) < 4.78 is 6.39. The third-order valence-corrected chi connectivity index (χ3v) is 5.30. The summed E-state index contributed by atoms with van der Waals surface area (Å²) in [7, 11) is 0. The number of nitrogens with zero attached hydrogens (tertiary/aromatic N) is 1. The predicted octanol–water partition coefficient (Wildman–Crippen LogP) is 2.67. The van der Waals surface area contributed by atoms with Crippen LogP contribution in [0.2, 0.25) is 0 Å². The number of carbonyl (C=O) groups is 1. The summed E-state index contributed by atoms with van der Waals surface area (Å²) in [4.78, 5) is 15.6. The van der Waals surface area contributed by atoms with Crippen molar-refractivity contribution in [2.75, 3.05) is 26.3 Å². The zero-order valence-electron chi connectivity index (χ0n) is 10.2. The number of ether oxygens (including phenoxy) is 1. The van der Waals surface area contributed by atoms with Crippen LogP contribution in [0.4, 0.5) is 0 Å². The van der Waals surface area contributed by atoms with Crippen LogP contribution in [0, 0.1) is 6.92 Å². The molecule has 0 saturated carbocycles. The molecule has 2 rings (SSSR count). The Morgan fingerprint density at radius 2 is 2.28 bits per heavy atom. The molecule has 1 unspecified atom stereocenters. The van der Waals surface area contributed by atoms with Crippen LogP contribution in [-0.4, -0.2) is 42.3 Å². The molecule has 1 fully saturated rings. The normalized spacial score (nSPS) is 18.8. The third kappa shape index (κ3) is 3.32. The second kappa shape index (κ2) is 6.14. The molecular weight excluding hydrogens is 318 g/mol. The van der Waals surface area contributed by atoms with Crippen molar-refractivity contribution in [3.8, 4) is 0 Å². The Kier molecular flexibility index (Phi) is 4.77. The van der Waals surface area contributed by atoms with Crippen molar-refractivity contribution in [2.45, 2.75) is 19.4 Å². The number of carboxylic acids is 1. The van der Waals surface area contributed by atoms with E-state index in [1.165, 1.54) is 4.88 Å². The molecule has 1 atom stereocenters. The lowest BCUT2D eigenvalue weighted by Gasteiger charge is -2.33. The molecule has 1 aliphatic heterocycles. The van der Waals surface area contributed by atoms with Crippen molar-refractivity contribution in [3.63, 3.8) is 0 Å². The smallest absolute Gasteiger partial charge is 0.305 e. The summed E-state index contributed by atoms with van der Waals surface area (Å²) >= 11 is 5.16. The Morgan fingerprint density at radius 1 is 1.61 bits per heavy atom. The van der Waals surface area contributed by atoms with Gasteiger partial charge in [-0.3, -0.25) is 9.69 Å². The zero-order chi connectivity index (χ0) is 13.1. The molecule has 0 bridgehead atoms. The SMILES string of the molecule is Cc1sc(C(CC(=O)O)N2CCOCC2)cc1Br. The molecule has 4 nitrogen and oxygen atoms in total. The Hall–Kier alpha value is -0.430. The number of rotatable bonds is 4. The Morgan fingerprint density at radius 3 is 2.78 bits per heavy atom. The number of thiophene rings is 1. The fourth-order valence-corrected chi connectivity index (χ4v) is 3.81. The van der Waals surface area contributed by atoms with Crippen LogP contribution >= 0.6 is 27.3 Å². The van der Waals surface area contributed by atoms with E-state index in [-0.39, 0.29) is 12.5 Å². The second-order valence-corrected chi connectivity index (χ2v) is 6.46. The largest absolute Gasteiger partial charge is 0.481 e. The van der Waals surface area contributed by atoms with Gasteiger partial charge in [-0.2, -0.15) is 0 Å². The van der Waals surface area contributed by atoms with Gasteiger partial charge in [0.2, 0.25) is 0 Å². The van der Waals surface area contributed by atoms with Crippen molar-refractivity contribution in [2.24, 2.45) is 0 Å². The molecule has 18 heavy (non-hydrogen) atoms. The standard InChI is InChI=1S/C12H16BrNO3S/c1-8-9(13)6-11(18-8)10(7-12(15)16)14-2-4-17-5-3-14/h6,10H,2-5,7H2,1H3,(H,15,16). The molecule has 2 heterocycles. The van der Waals surface area contributed by atoms with E-state index in [9.17, 15) is 4.79 Å². The lowest BCUT2D eigenvalue weighted by atomic mass is 10.1. The topological polar surface area (TPSA) is 49.8 Å². The first-order valence-corrected chi connectivity index (χ1v) is 7.48. The van der Waals surface area contributed by atoms with E-state index in [0.29, 0.717) is 13.2 Å². The van der Waals surface area contributed by atoms with Crippen LogP contribution < -0.4 is 0 Å². The number of hydrogen-bond donors (Lipinski definition) is 1. The highest BCUT2D eigenvalue weighted by atomic mass is 79.9. The maximum atomic E-state index is 11.1. The van der Waals surface area contributed by atoms with E-state index >= 15 is 0 Å². The minimum absolute atomic E-state index is 0.0404. The molecule has 100 valence electrons. The minimum atomic E-state index is -0.756. The van der Waals surface area contributed by atoms with Crippen LogP contribution in [0.3, 0.4) is 0 Å². The molecule has 6 heteroatoms. The van der Waals surface area contributed by atoms with Gasteiger partial charge in [-0.1, -0.05) is 0 Å². The molecule has 0 aliphatic carbocycles. The first kappa shape index (κ1) is 14.0. The summed E-state index contributed by atoms with van der Waals surface area (Å²) in [5.74, 6) is -0.756. The number of aliphatic carboxylic acids is 1. The van der Waals surface area contributed by atoms with Gasteiger partial charge in [-0.25, -0.2) is 0 Å². The fourth-order valence-electron chi connectivity index (χ4n) is 2.11. The number of halogens is 1. The van der Waals surface area contributed by atoms with Gasteiger partial charge in [-0.15, -0.1) is 11.3 Å². The monoisotopic (exact) mass is 333 g/mol. The van der Waals surface area contributed by atoms with Crippen molar-refractivity contribution in [3.05, 3.63) is 20.3 Å². The highest BCUT2D eigenvalue weighted by molar-refractivity contribution is 9.10. The maximum absolute atomic E-state index is 11.1. The maximum Gasteiger partial charge on any atom is 0.305 e. The van der Waals surface area contributed by atoms with Crippen LogP contribution in [0.15, 0.2) is 10.5 Å². The van der Waals surface area contributed by atoms with Gasteiger partial charge < -0.3 is 9.84 Å². The van der Waals surface area contributed by atoms with Crippen LogP contribution in [-0.2, 0) is 9.53 Å². The summed E-state index contributed by atoms with van der Waals surface area (Å²) in [5.41, 5.74) is 0. The Labute approximate surface area is 119 Å². The van der Waals surface area contributed by atoms with E-state index in [4.69, 9.17) is 9.84 Å². The highest BCUT2D eigenvalue weighted by Crippen LogP contribution is 2.35. The Bertz CT molecular complexity index is 409. The molecule has 1 N–H and O–H groups in total. The van der Waals surface area contributed by atoms with E-state index in [2.05, 4.69) is 20.8 Å². The molecular formula is C12H16BrNO3S. The van der Waals surface area contributed by atoms with Gasteiger partial charge in [-0.05, 0) is 28.9 Å². The van der Waals surface area contributed by atoms with Gasteiger partial charge in [0.05, 0.1) is 25.7 Å². The van der Waals surface area contributed by atoms with Gasteiger partial charge in [0, 0.05) is 27.3 Å². The number of carboxylic acid groups (broad SMARTS) is 1. The molecule has 0 aromatic carbocycles. The molecule has 0 amide bonds. The summed E-state index contributed by atoms with van der Waals surface area (Å²) in [6.07, 6.45) is 0.145. The first-order valence-electron chi connectivity index (χ1n) is 5.87. The second-order valence-electron chi connectivity index (χ2n) is 4.31. The van der Waals surface area contributed by atoms with Crippen molar-refractivity contribution < 1.29 is 14.6 Å². The van der Waals surface area contributed by atoms with Crippen molar-refractivity contribution in [1.29, 1.82) is 0 Å². The van der Waals surface area contributed by atoms with Gasteiger partial charge in [0.1, 0.15) is 0 Å². The highest BCUT2D eigenvalue weighted by Gasteiger charge is 2.26. The fraction of sp³-hybridized carbons (Fsp3) is 0.583. The first-order chi connectivity index (χ1) is 8.58. The Balaban J connectivity index is 2.20. The molecule has 0 radical (unpaired) electrons. The quantitative estimate of drug-likeness (QED) is 0.920. The zero-order valence-corrected chi connectivity index (χ0v) is 12.6. The summed E-state index contributed by atoms with van der Waals surface area (Å²) in [5, 5.41) is 9.09. The average molecular weight is 334 g/mol. The third-order valence-electron chi connectivity index (χ3n) is 3.06. The molecule has 1 saturated heterocycles. The number of hydrogen-bond acceptors (Lipinski definition) is 4. The molecule has 0 spiro atoms.